The molecule has 0 fully saturated rings. The van der Waals surface area contributed by atoms with Crippen molar-refractivity contribution in [3.63, 3.8) is 0 Å². The minimum atomic E-state index is -1.27. The zero-order valence-corrected chi connectivity index (χ0v) is 17.0. The Balaban J connectivity index is 2.09. The summed E-state index contributed by atoms with van der Waals surface area (Å²) in [4.78, 5) is 20.8. The van der Waals surface area contributed by atoms with Crippen molar-refractivity contribution in [1.82, 2.24) is 9.97 Å². The number of hydrogen-bond donors (Lipinski definition) is 3. The normalized spacial score (nSPS) is 10.0. The van der Waals surface area contributed by atoms with Gasteiger partial charge in [-0.15, -0.1) is 0 Å². The molecule has 9 heteroatoms. The van der Waals surface area contributed by atoms with E-state index in [1.54, 1.807) is 24.3 Å². The van der Waals surface area contributed by atoms with Crippen molar-refractivity contribution in [3.8, 4) is 23.5 Å². The van der Waals surface area contributed by atoms with Gasteiger partial charge in [-0.2, -0.15) is 9.88 Å². The van der Waals surface area contributed by atoms with Gasteiger partial charge in [0.1, 0.15) is 11.5 Å². The maximum Gasteiger partial charge on any atom is 0.424 e. The Hall–Kier alpha value is -4.45. The lowest BCUT2D eigenvalue weighted by atomic mass is 10.0. The van der Waals surface area contributed by atoms with Crippen LogP contribution in [0.4, 0.5) is 22.2 Å². The van der Waals surface area contributed by atoms with Crippen LogP contribution in [0.2, 0.25) is 0 Å². The fourth-order valence-corrected chi connectivity index (χ4v) is 2.91. The first kappa shape index (κ1) is 21.3. The molecule has 0 bridgehead atoms. The third-order valence-corrected chi connectivity index (χ3v) is 4.35. The van der Waals surface area contributed by atoms with Gasteiger partial charge in [-0.1, -0.05) is 18.2 Å². The predicted molar refractivity (Wildman–Crippen MR) is 117 cm³/mol. The first-order valence-corrected chi connectivity index (χ1v) is 9.14. The molecule has 31 heavy (non-hydrogen) atoms. The summed E-state index contributed by atoms with van der Waals surface area (Å²) in [6.45, 7) is 0. The fraction of sp³-hybridized carbons (Fsp3) is 0.136. The molecule has 0 radical (unpaired) electrons. The number of hydrogen-bond acceptors (Lipinski definition) is 7. The molecular formula is C22H21N5O4. The predicted octanol–water partition coefficient (Wildman–Crippen LogP) is 2.74. The summed E-state index contributed by atoms with van der Waals surface area (Å²) in [5.74, 6) is 3.73. The highest BCUT2D eigenvalue weighted by Crippen LogP contribution is 2.39. The third-order valence-electron chi connectivity index (χ3n) is 4.35. The number of nitrogen functional groups attached to an aromatic ring is 2. The van der Waals surface area contributed by atoms with Crippen LogP contribution in [-0.2, 0) is 6.42 Å². The molecule has 9 nitrogen and oxygen atoms in total. The zero-order valence-electron chi connectivity index (χ0n) is 17.0. The van der Waals surface area contributed by atoms with Crippen LogP contribution in [-0.4, -0.2) is 35.4 Å². The lowest BCUT2D eigenvalue weighted by Gasteiger charge is -2.19. The Kier molecular flexibility index (Phi) is 6.42. The largest absolute Gasteiger partial charge is 0.493 e. The van der Waals surface area contributed by atoms with Crippen LogP contribution < -0.4 is 25.8 Å². The summed E-state index contributed by atoms with van der Waals surface area (Å²) in [5.41, 5.74) is 13.7. The van der Waals surface area contributed by atoms with Crippen molar-refractivity contribution in [2.24, 2.45) is 0 Å². The Labute approximate surface area is 179 Å². The molecule has 0 atom stereocenters. The number of anilines is 3. The van der Waals surface area contributed by atoms with Gasteiger partial charge in [0.25, 0.3) is 0 Å². The summed E-state index contributed by atoms with van der Waals surface area (Å²) in [6.07, 6.45) is 0.577. The monoisotopic (exact) mass is 419 g/mol. The minimum Gasteiger partial charge on any atom is -0.493 e. The summed E-state index contributed by atoms with van der Waals surface area (Å²) in [6, 6.07) is 15.1. The van der Waals surface area contributed by atoms with Gasteiger partial charge < -0.3 is 26.0 Å². The lowest BCUT2D eigenvalue weighted by Crippen LogP contribution is -2.24. The number of methoxy groups -OCH3 is 2. The molecule has 0 unspecified atom stereocenters. The highest BCUT2D eigenvalue weighted by atomic mass is 16.5. The maximum absolute atomic E-state index is 12.0. The Morgan fingerprint density at radius 3 is 2.52 bits per heavy atom. The standard InChI is InChI=1S/C22H21N5O4/c1-30-18-12-15(10-16-13-25-21(24)26-20(16)23)11-17(19(18)31-2)27(22(28)29)9-8-14-6-4-3-5-7-14/h3-7,11-13H,10H2,1-2H3,(H,28,29)(H4,23,24,25,26). The average Bonchev–Trinajstić information content (AvgIpc) is 2.76. The fourth-order valence-electron chi connectivity index (χ4n) is 2.91. The molecule has 2 aromatic carbocycles. The first-order valence-electron chi connectivity index (χ1n) is 9.14. The Morgan fingerprint density at radius 1 is 1.16 bits per heavy atom. The second-order valence-corrected chi connectivity index (χ2v) is 6.39. The summed E-state index contributed by atoms with van der Waals surface area (Å²) in [7, 11) is 2.89. The molecule has 0 aliphatic rings. The van der Waals surface area contributed by atoms with Gasteiger partial charge in [-0.25, -0.2) is 9.78 Å². The van der Waals surface area contributed by atoms with Crippen molar-refractivity contribution in [1.29, 1.82) is 0 Å². The molecule has 0 saturated heterocycles. The maximum atomic E-state index is 12.0. The summed E-state index contributed by atoms with van der Waals surface area (Å²) >= 11 is 0. The van der Waals surface area contributed by atoms with Crippen molar-refractivity contribution >= 4 is 23.5 Å². The zero-order chi connectivity index (χ0) is 22.4. The van der Waals surface area contributed by atoms with E-state index >= 15 is 0 Å². The number of rotatable bonds is 5. The molecule has 3 aromatic rings. The molecule has 1 aromatic heterocycles. The van der Waals surface area contributed by atoms with Gasteiger partial charge in [0.05, 0.1) is 14.2 Å². The number of amides is 1. The number of carboxylic acid groups (broad SMARTS) is 1. The van der Waals surface area contributed by atoms with Gasteiger partial charge in [0, 0.05) is 29.8 Å². The van der Waals surface area contributed by atoms with Crippen LogP contribution in [0, 0.1) is 12.0 Å². The van der Waals surface area contributed by atoms with Crippen LogP contribution in [0.5, 0.6) is 11.5 Å². The van der Waals surface area contributed by atoms with Crippen molar-refractivity contribution in [2.75, 3.05) is 30.6 Å². The molecule has 0 aliphatic heterocycles. The number of carbonyl (C=O) groups is 1. The molecule has 3 rings (SSSR count). The van der Waals surface area contributed by atoms with Crippen LogP contribution in [0.1, 0.15) is 16.7 Å². The van der Waals surface area contributed by atoms with Gasteiger partial charge in [0.15, 0.2) is 11.5 Å². The van der Waals surface area contributed by atoms with Gasteiger partial charge >= 0.3 is 6.09 Å². The molecule has 0 saturated carbocycles. The van der Waals surface area contributed by atoms with Crippen LogP contribution in [0.15, 0.2) is 48.7 Å². The molecule has 158 valence electrons. The average molecular weight is 419 g/mol. The molecule has 5 N–H and O–H groups in total. The van der Waals surface area contributed by atoms with E-state index in [0.29, 0.717) is 28.9 Å². The molecule has 1 heterocycles. The lowest BCUT2D eigenvalue weighted by molar-refractivity contribution is 0.204. The Bertz CT molecular complexity index is 1160. The van der Waals surface area contributed by atoms with Crippen LogP contribution in [0.3, 0.4) is 0 Å². The van der Waals surface area contributed by atoms with Crippen LogP contribution in [0.25, 0.3) is 0 Å². The first-order chi connectivity index (χ1) is 14.9. The quantitative estimate of drug-likeness (QED) is 0.424. The molecule has 1 amide bonds. The van der Waals surface area contributed by atoms with Crippen LogP contribution >= 0.6 is 0 Å². The van der Waals surface area contributed by atoms with Gasteiger partial charge in [0.2, 0.25) is 5.95 Å². The second-order valence-electron chi connectivity index (χ2n) is 6.39. The van der Waals surface area contributed by atoms with E-state index < -0.39 is 6.09 Å². The minimum absolute atomic E-state index is 0.0717. The van der Waals surface area contributed by atoms with Gasteiger partial charge in [-0.3, -0.25) is 0 Å². The Morgan fingerprint density at radius 2 is 1.90 bits per heavy atom. The second kappa shape index (κ2) is 9.37. The van der Waals surface area contributed by atoms with E-state index in [9.17, 15) is 9.90 Å². The summed E-state index contributed by atoms with van der Waals surface area (Å²) < 4.78 is 10.9. The van der Waals surface area contributed by atoms with E-state index in [0.717, 1.165) is 4.90 Å². The van der Waals surface area contributed by atoms with E-state index in [1.807, 2.05) is 18.2 Å². The number of benzene rings is 2. The smallest absolute Gasteiger partial charge is 0.424 e. The van der Waals surface area contributed by atoms with E-state index in [4.69, 9.17) is 20.9 Å². The SMILES string of the molecule is COc1cc(Cc2cnc(N)nc2N)cc(N(C#Cc2ccccc2)C(=O)O)c1OC. The number of nitrogens with two attached hydrogens (primary N) is 2. The molecule has 0 spiro atoms. The van der Waals surface area contributed by atoms with Crippen molar-refractivity contribution in [3.05, 3.63) is 65.4 Å². The van der Waals surface area contributed by atoms with Gasteiger partial charge in [-0.05, 0) is 35.7 Å². The molecular weight excluding hydrogens is 398 g/mol. The van der Waals surface area contributed by atoms with E-state index in [2.05, 4.69) is 21.9 Å². The van der Waals surface area contributed by atoms with E-state index in [-0.39, 0.29) is 23.2 Å². The number of nitrogens with zero attached hydrogens (tertiary/aromatic N) is 3. The topological polar surface area (TPSA) is 137 Å². The highest BCUT2D eigenvalue weighted by Gasteiger charge is 2.22. The van der Waals surface area contributed by atoms with Crippen molar-refractivity contribution in [2.45, 2.75) is 6.42 Å². The number of aromatic nitrogens is 2. The number of ether oxygens (including phenoxy) is 2. The third kappa shape index (κ3) is 4.94. The molecule has 0 aliphatic carbocycles. The summed E-state index contributed by atoms with van der Waals surface area (Å²) in [5, 5.41) is 9.82. The van der Waals surface area contributed by atoms with E-state index in [1.165, 1.54) is 20.4 Å². The highest BCUT2D eigenvalue weighted by molar-refractivity contribution is 5.93. The van der Waals surface area contributed by atoms with Crippen molar-refractivity contribution < 1.29 is 19.4 Å².